The maximum absolute atomic E-state index is 9.88. The second kappa shape index (κ2) is 3.11. The first-order valence-electron chi connectivity index (χ1n) is 6.47. The van der Waals surface area contributed by atoms with Crippen LogP contribution >= 0.6 is 0 Å². The lowest BCUT2D eigenvalue weighted by atomic mass is 9.91. The average molecular weight is 224 g/mol. The molecule has 0 aliphatic heterocycles. The van der Waals surface area contributed by atoms with E-state index in [0.29, 0.717) is 11.3 Å². The summed E-state index contributed by atoms with van der Waals surface area (Å²) in [5.41, 5.74) is 1.77. The molecule has 2 aromatic rings. The zero-order chi connectivity index (χ0) is 11.5. The van der Waals surface area contributed by atoms with Crippen molar-refractivity contribution >= 4 is 10.8 Å². The average Bonchev–Trinajstić information content (AvgIpc) is 3.04. The second-order valence-corrected chi connectivity index (χ2v) is 5.63. The van der Waals surface area contributed by atoms with Gasteiger partial charge in [-0.05, 0) is 41.5 Å². The van der Waals surface area contributed by atoms with E-state index >= 15 is 0 Å². The Balaban J connectivity index is 1.83. The third-order valence-corrected chi connectivity index (χ3v) is 4.81. The van der Waals surface area contributed by atoms with Gasteiger partial charge in [0.1, 0.15) is 0 Å². The van der Waals surface area contributed by atoms with Crippen LogP contribution in [0, 0.1) is 5.92 Å². The van der Waals surface area contributed by atoms with Crippen LogP contribution in [0.5, 0.6) is 0 Å². The van der Waals surface area contributed by atoms with Crippen LogP contribution in [0.3, 0.4) is 0 Å². The molecule has 2 aliphatic rings. The molecule has 0 radical (unpaired) electrons. The van der Waals surface area contributed by atoms with Crippen LogP contribution in [0.1, 0.15) is 24.8 Å². The molecule has 3 unspecified atom stereocenters. The van der Waals surface area contributed by atoms with Gasteiger partial charge in [0.15, 0.2) is 0 Å². The van der Waals surface area contributed by atoms with E-state index in [2.05, 4.69) is 42.5 Å². The minimum absolute atomic E-state index is 0.0542. The zero-order valence-corrected chi connectivity index (χ0v) is 9.76. The van der Waals surface area contributed by atoms with Crippen molar-refractivity contribution in [2.75, 3.05) is 0 Å². The highest BCUT2D eigenvalue weighted by molar-refractivity contribution is 5.83. The first-order chi connectivity index (χ1) is 8.29. The summed E-state index contributed by atoms with van der Waals surface area (Å²) < 4.78 is 0. The Hall–Kier alpha value is -1.34. The minimum Gasteiger partial charge on any atom is -0.393 e. The Morgan fingerprint density at radius 1 is 1.06 bits per heavy atom. The molecule has 86 valence electrons. The fourth-order valence-electron chi connectivity index (χ4n) is 3.71. The van der Waals surface area contributed by atoms with E-state index < -0.39 is 0 Å². The highest BCUT2D eigenvalue weighted by Crippen LogP contribution is 2.64. The van der Waals surface area contributed by atoms with Crippen LogP contribution in [-0.4, -0.2) is 11.2 Å². The third-order valence-electron chi connectivity index (χ3n) is 4.81. The van der Waals surface area contributed by atoms with Crippen molar-refractivity contribution in [3.63, 3.8) is 0 Å². The summed E-state index contributed by atoms with van der Waals surface area (Å²) in [6.45, 7) is 0. The summed E-state index contributed by atoms with van der Waals surface area (Å²) in [7, 11) is 0. The van der Waals surface area contributed by atoms with Gasteiger partial charge in [0, 0.05) is 5.41 Å². The van der Waals surface area contributed by atoms with Crippen LogP contribution in [0.25, 0.3) is 10.8 Å². The molecule has 0 saturated heterocycles. The van der Waals surface area contributed by atoms with E-state index in [0.717, 1.165) is 12.8 Å². The molecule has 0 amide bonds. The molecule has 2 fully saturated rings. The summed E-state index contributed by atoms with van der Waals surface area (Å²) in [6, 6.07) is 15.3. The van der Waals surface area contributed by atoms with E-state index in [4.69, 9.17) is 0 Å². The number of aliphatic hydroxyl groups is 1. The van der Waals surface area contributed by atoms with Gasteiger partial charge >= 0.3 is 0 Å². The molecule has 0 spiro atoms. The molecule has 0 heterocycles. The van der Waals surface area contributed by atoms with Gasteiger partial charge in [0.05, 0.1) is 6.10 Å². The normalized spacial score (nSPS) is 34.9. The van der Waals surface area contributed by atoms with Crippen LogP contribution < -0.4 is 0 Å². The quantitative estimate of drug-likeness (QED) is 0.788. The number of fused-ring (bicyclic) bond motifs is 2. The summed E-state index contributed by atoms with van der Waals surface area (Å²) in [5.74, 6) is 0.531. The van der Waals surface area contributed by atoms with Crippen LogP contribution in [0.4, 0.5) is 0 Å². The van der Waals surface area contributed by atoms with E-state index in [1.54, 1.807) is 0 Å². The van der Waals surface area contributed by atoms with Gasteiger partial charge in [-0.1, -0.05) is 42.5 Å². The van der Waals surface area contributed by atoms with Crippen LogP contribution in [-0.2, 0) is 5.41 Å². The molecule has 2 saturated carbocycles. The lowest BCUT2D eigenvalue weighted by molar-refractivity contribution is 0.159. The standard InChI is InChI=1S/C16H16O/c17-15-7-8-16(10-14(15)16)13-6-5-11-3-1-2-4-12(11)9-13/h1-6,9,14-15,17H,7-8,10H2. The fraction of sp³-hybridized carbons (Fsp3) is 0.375. The van der Waals surface area contributed by atoms with Gasteiger partial charge in [0.2, 0.25) is 0 Å². The number of hydrogen-bond donors (Lipinski definition) is 1. The lowest BCUT2D eigenvalue weighted by Crippen LogP contribution is -2.06. The van der Waals surface area contributed by atoms with Crippen LogP contribution in [0.15, 0.2) is 42.5 Å². The first kappa shape index (κ1) is 9.67. The van der Waals surface area contributed by atoms with Gasteiger partial charge in [-0.15, -0.1) is 0 Å². The van der Waals surface area contributed by atoms with Crippen molar-refractivity contribution in [1.29, 1.82) is 0 Å². The molecule has 1 N–H and O–H groups in total. The highest BCUT2D eigenvalue weighted by atomic mass is 16.3. The monoisotopic (exact) mass is 224 g/mol. The second-order valence-electron chi connectivity index (χ2n) is 5.63. The van der Waals surface area contributed by atoms with E-state index in [1.807, 2.05) is 0 Å². The summed E-state index contributed by atoms with van der Waals surface area (Å²) in [5, 5.41) is 12.5. The molecule has 2 aliphatic carbocycles. The Labute approximate surface area is 101 Å². The predicted octanol–water partition coefficient (Wildman–Crippen LogP) is 3.25. The molecule has 0 aromatic heterocycles. The smallest absolute Gasteiger partial charge is 0.0577 e. The molecular formula is C16H16O. The molecular weight excluding hydrogens is 208 g/mol. The zero-order valence-electron chi connectivity index (χ0n) is 9.76. The molecule has 1 heteroatoms. The largest absolute Gasteiger partial charge is 0.393 e. The summed E-state index contributed by atoms with van der Waals surface area (Å²) in [4.78, 5) is 0. The highest BCUT2D eigenvalue weighted by Gasteiger charge is 2.62. The summed E-state index contributed by atoms with van der Waals surface area (Å²) >= 11 is 0. The number of hydrogen-bond acceptors (Lipinski definition) is 1. The van der Waals surface area contributed by atoms with Crippen molar-refractivity contribution in [3.05, 3.63) is 48.0 Å². The fourth-order valence-corrected chi connectivity index (χ4v) is 3.71. The molecule has 0 bridgehead atoms. The lowest BCUT2D eigenvalue weighted by Gasteiger charge is -2.13. The van der Waals surface area contributed by atoms with E-state index in [-0.39, 0.29) is 6.10 Å². The maximum atomic E-state index is 9.88. The molecule has 1 nitrogen and oxygen atoms in total. The first-order valence-corrected chi connectivity index (χ1v) is 6.47. The third kappa shape index (κ3) is 1.23. The molecule has 4 rings (SSSR count). The topological polar surface area (TPSA) is 20.2 Å². The predicted molar refractivity (Wildman–Crippen MR) is 69.0 cm³/mol. The number of rotatable bonds is 1. The van der Waals surface area contributed by atoms with Gasteiger partial charge in [-0.25, -0.2) is 0 Å². The van der Waals surface area contributed by atoms with Gasteiger partial charge in [-0.2, -0.15) is 0 Å². The maximum Gasteiger partial charge on any atom is 0.0577 e. The Morgan fingerprint density at radius 3 is 2.59 bits per heavy atom. The van der Waals surface area contributed by atoms with Crippen LogP contribution in [0.2, 0.25) is 0 Å². The molecule has 17 heavy (non-hydrogen) atoms. The van der Waals surface area contributed by atoms with Gasteiger partial charge in [0.25, 0.3) is 0 Å². The molecule has 2 aromatic carbocycles. The molecule has 3 atom stereocenters. The number of aliphatic hydroxyl groups excluding tert-OH is 1. The van der Waals surface area contributed by atoms with Gasteiger partial charge < -0.3 is 5.11 Å². The Morgan fingerprint density at radius 2 is 1.88 bits per heavy atom. The van der Waals surface area contributed by atoms with Crippen molar-refractivity contribution in [1.82, 2.24) is 0 Å². The van der Waals surface area contributed by atoms with Gasteiger partial charge in [-0.3, -0.25) is 0 Å². The van der Waals surface area contributed by atoms with Crippen molar-refractivity contribution < 1.29 is 5.11 Å². The number of benzene rings is 2. The van der Waals surface area contributed by atoms with Crippen molar-refractivity contribution in [2.45, 2.75) is 30.8 Å². The van der Waals surface area contributed by atoms with E-state index in [9.17, 15) is 5.11 Å². The van der Waals surface area contributed by atoms with Crippen molar-refractivity contribution in [3.8, 4) is 0 Å². The minimum atomic E-state index is -0.0542. The Kier molecular flexibility index (Phi) is 1.77. The summed E-state index contributed by atoms with van der Waals surface area (Å²) in [6.07, 6.45) is 3.28. The Bertz CT molecular complexity index is 589. The SMILES string of the molecule is OC1CCC2(c3ccc4ccccc4c3)CC12. The van der Waals surface area contributed by atoms with E-state index in [1.165, 1.54) is 22.8 Å². The van der Waals surface area contributed by atoms with Crippen molar-refractivity contribution in [2.24, 2.45) is 5.92 Å².